The monoisotopic (exact) mass is 304 g/mol. The van der Waals surface area contributed by atoms with Gasteiger partial charge < -0.3 is 9.84 Å². The standard InChI is InChI=1S/C12H17F5O3/c1-4-9(2,3)8(18)20-7-5-10(19,12(15,16)17)11(13,14)6-7/h7,19H,4-6H2,1-3H3. The molecule has 1 rings (SSSR count). The van der Waals surface area contributed by atoms with Crippen LogP contribution in [0.1, 0.15) is 40.0 Å². The van der Waals surface area contributed by atoms with Gasteiger partial charge in [-0.3, -0.25) is 4.79 Å². The molecule has 0 saturated heterocycles. The van der Waals surface area contributed by atoms with E-state index < -0.39 is 48.0 Å². The Morgan fingerprint density at radius 3 is 2.15 bits per heavy atom. The maximum atomic E-state index is 13.4. The summed E-state index contributed by atoms with van der Waals surface area (Å²) in [5.74, 6) is -5.24. The van der Waals surface area contributed by atoms with Gasteiger partial charge in [-0.05, 0) is 20.3 Å². The van der Waals surface area contributed by atoms with Gasteiger partial charge in [-0.2, -0.15) is 13.2 Å². The van der Waals surface area contributed by atoms with Gasteiger partial charge in [0.2, 0.25) is 5.60 Å². The van der Waals surface area contributed by atoms with Crippen LogP contribution >= 0.6 is 0 Å². The largest absolute Gasteiger partial charge is 0.462 e. The molecule has 1 saturated carbocycles. The molecule has 0 bridgehead atoms. The predicted molar refractivity (Wildman–Crippen MR) is 59.1 cm³/mol. The molecule has 0 radical (unpaired) electrons. The van der Waals surface area contributed by atoms with Gasteiger partial charge in [0, 0.05) is 6.42 Å². The Bertz CT molecular complexity index is 391. The highest BCUT2D eigenvalue weighted by Gasteiger charge is 2.74. The molecule has 0 aromatic rings. The second-order valence-electron chi connectivity index (χ2n) is 5.74. The summed E-state index contributed by atoms with van der Waals surface area (Å²) >= 11 is 0. The van der Waals surface area contributed by atoms with Gasteiger partial charge in [0.1, 0.15) is 6.10 Å². The summed E-state index contributed by atoms with van der Waals surface area (Å²) in [6.07, 6.45) is -9.49. The lowest BCUT2D eigenvalue weighted by atomic mass is 9.90. The van der Waals surface area contributed by atoms with E-state index in [0.717, 1.165) is 0 Å². The SMILES string of the molecule is CCC(C)(C)C(=O)OC1CC(F)(F)C(O)(C(F)(F)F)C1. The average Bonchev–Trinajstić information content (AvgIpc) is 2.49. The van der Waals surface area contributed by atoms with Crippen molar-refractivity contribution in [3.05, 3.63) is 0 Å². The molecule has 0 heterocycles. The number of carbonyl (C=O) groups excluding carboxylic acids is 1. The van der Waals surface area contributed by atoms with Crippen molar-refractivity contribution in [2.75, 3.05) is 0 Å². The second-order valence-corrected chi connectivity index (χ2v) is 5.74. The number of esters is 1. The van der Waals surface area contributed by atoms with Crippen molar-refractivity contribution < 1.29 is 36.6 Å². The van der Waals surface area contributed by atoms with Crippen molar-refractivity contribution in [2.24, 2.45) is 5.41 Å². The van der Waals surface area contributed by atoms with Crippen LogP contribution in [0.2, 0.25) is 0 Å². The normalized spacial score (nSPS) is 30.4. The number of aliphatic hydroxyl groups is 1. The first-order valence-corrected chi connectivity index (χ1v) is 6.15. The van der Waals surface area contributed by atoms with Crippen LogP contribution in [0, 0.1) is 5.41 Å². The highest BCUT2D eigenvalue weighted by molar-refractivity contribution is 5.76. The molecule has 0 aromatic carbocycles. The second kappa shape index (κ2) is 4.82. The number of alkyl halides is 5. The minimum Gasteiger partial charge on any atom is -0.462 e. The number of hydrogen-bond donors (Lipinski definition) is 1. The van der Waals surface area contributed by atoms with Crippen LogP contribution in [-0.2, 0) is 9.53 Å². The summed E-state index contributed by atoms with van der Waals surface area (Å²) in [5, 5.41) is 9.23. The number of ether oxygens (including phenoxy) is 1. The maximum absolute atomic E-state index is 13.4. The van der Waals surface area contributed by atoms with E-state index in [9.17, 15) is 31.9 Å². The molecule has 2 atom stereocenters. The van der Waals surface area contributed by atoms with Crippen LogP contribution in [-0.4, -0.2) is 34.9 Å². The van der Waals surface area contributed by atoms with Gasteiger partial charge in [0.15, 0.2) is 0 Å². The van der Waals surface area contributed by atoms with Crippen molar-refractivity contribution in [1.82, 2.24) is 0 Å². The maximum Gasteiger partial charge on any atom is 0.423 e. The van der Waals surface area contributed by atoms with Crippen molar-refractivity contribution >= 4 is 5.97 Å². The Kier molecular flexibility index (Phi) is 4.13. The van der Waals surface area contributed by atoms with E-state index in [1.54, 1.807) is 6.92 Å². The lowest BCUT2D eigenvalue weighted by molar-refractivity contribution is -0.320. The van der Waals surface area contributed by atoms with E-state index >= 15 is 0 Å². The lowest BCUT2D eigenvalue weighted by Gasteiger charge is -2.30. The van der Waals surface area contributed by atoms with Gasteiger partial charge in [0.25, 0.3) is 5.92 Å². The quantitative estimate of drug-likeness (QED) is 0.644. The van der Waals surface area contributed by atoms with E-state index in [0.29, 0.717) is 6.42 Å². The first kappa shape index (κ1) is 17.1. The Morgan fingerprint density at radius 1 is 1.30 bits per heavy atom. The molecule has 0 amide bonds. The summed E-state index contributed by atoms with van der Waals surface area (Å²) < 4.78 is 69.3. The molecule has 1 aliphatic rings. The van der Waals surface area contributed by atoms with Gasteiger partial charge in [-0.15, -0.1) is 0 Å². The number of rotatable bonds is 3. The highest BCUT2D eigenvalue weighted by atomic mass is 19.4. The number of halogens is 5. The van der Waals surface area contributed by atoms with Crippen molar-refractivity contribution in [2.45, 2.75) is 63.8 Å². The third kappa shape index (κ3) is 2.75. The van der Waals surface area contributed by atoms with Crippen molar-refractivity contribution in [3.8, 4) is 0 Å². The van der Waals surface area contributed by atoms with Gasteiger partial charge in [0.05, 0.1) is 11.8 Å². The Balaban J connectivity index is 2.88. The molecule has 1 N–H and O–H groups in total. The van der Waals surface area contributed by atoms with Crippen LogP contribution in [0.25, 0.3) is 0 Å². The van der Waals surface area contributed by atoms with Crippen molar-refractivity contribution in [1.29, 1.82) is 0 Å². The van der Waals surface area contributed by atoms with E-state index in [-0.39, 0.29) is 0 Å². The van der Waals surface area contributed by atoms with Gasteiger partial charge in [-0.1, -0.05) is 6.92 Å². The van der Waals surface area contributed by atoms with Crippen LogP contribution in [0.4, 0.5) is 22.0 Å². The molecular weight excluding hydrogens is 287 g/mol. The van der Waals surface area contributed by atoms with Crippen LogP contribution < -0.4 is 0 Å². The molecule has 1 aliphatic carbocycles. The highest BCUT2D eigenvalue weighted by Crippen LogP contribution is 2.53. The summed E-state index contributed by atoms with van der Waals surface area (Å²) in [7, 11) is 0. The van der Waals surface area contributed by atoms with Gasteiger partial charge >= 0.3 is 12.1 Å². The summed E-state index contributed by atoms with van der Waals surface area (Å²) in [5.41, 5.74) is -5.13. The van der Waals surface area contributed by atoms with Crippen LogP contribution in [0.5, 0.6) is 0 Å². The van der Waals surface area contributed by atoms with Gasteiger partial charge in [-0.25, -0.2) is 8.78 Å². The molecule has 0 spiro atoms. The molecule has 8 heteroatoms. The third-order valence-corrected chi connectivity index (χ3v) is 3.79. The minimum atomic E-state index is -5.49. The van der Waals surface area contributed by atoms with E-state index in [4.69, 9.17) is 4.74 Å². The summed E-state index contributed by atoms with van der Waals surface area (Å²) in [6, 6.07) is 0. The van der Waals surface area contributed by atoms with E-state index in [1.165, 1.54) is 13.8 Å². The molecule has 1 fully saturated rings. The minimum absolute atomic E-state index is 0.346. The fraction of sp³-hybridized carbons (Fsp3) is 0.917. The van der Waals surface area contributed by atoms with Crippen LogP contribution in [0.15, 0.2) is 0 Å². The lowest BCUT2D eigenvalue weighted by Crippen LogP contribution is -2.55. The summed E-state index contributed by atoms with van der Waals surface area (Å²) in [4.78, 5) is 11.7. The third-order valence-electron chi connectivity index (χ3n) is 3.79. The zero-order valence-corrected chi connectivity index (χ0v) is 11.4. The fourth-order valence-electron chi connectivity index (χ4n) is 1.87. The van der Waals surface area contributed by atoms with E-state index in [2.05, 4.69) is 0 Å². The first-order valence-electron chi connectivity index (χ1n) is 6.15. The molecule has 0 aliphatic heterocycles. The number of hydrogen-bond acceptors (Lipinski definition) is 3. The molecule has 20 heavy (non-hydrogen) atoms. The van der Waals surface area contributed by atoms with Crippen LogP contribution in [0.3, 0.4) is 0 Å². The van der Waals surface area contributed by atoms with E-state index in [1.807, 2.05) is 0 Å². The Hall–Kier alpha value is -0.920. The molecule has 2 unspecified atom stereocenters. The Morgan fingerprint density at radius 2 is 1.80 bits per heavy atom. The fourth-order valence-corrected chi connectivity index (χ4v) is 1.87. The first-order chi connectivity index (χ1) is 8.77. The average molecular weight is 304 g/mol. The summed E-state index contributed by atoms with van der Waals surface area (Å²) in [6.45, 7) is 4.66. The molecule has 0 aromatic heterocycles. The number of carbonyl (C=O) groups is 1. The molecular formula is C12H17F5O3. The predicted octanol–water partition coefficient (Wildman–Crippen LogP) is 3.06. The molecule has 3 nitrogen and oxygen atoms in total. The van der Waals surface area contributed by atoms with Crippen molar-refractivity contribution in [3.63, 3.8) is 0 Å². The zero-order valence-electron chi connectivity index (χ0n) is 11.4. The smallest absolute Gasteiger partial charge is 0.423 e. The topological polar surface area (TPSA) is 46.5 Å². The zero-order chi connectivity index (χ0) is 16.0. The Labute approximate surface area is 113 Å². The molecule has 118 valence electrons.